The molecule has 1 heterocycles. The van der Waals surface area contributed by atoms with Crippen molar-refractivity contribution < 1.29 is 9.59 Å². The molecule has 7 heteroatoms. The normalized spacial score (nSPS) is 13.9. The van der Waals surface area contributed by atoms with E-state index in [0.717, 1.165) is 13.1 Å². The van der Waals surface area contributed by atoms with Gasteiger partial charge >= 0.3 is 0 Å². The van der Waals surface area contributed by atoms with Crippen molar-refractivity contribution in [2.75, 3.05) is 25.0 Å². The molecule has 3 N–H and O–H groups in total. The first-order chi connectivity index (χ1) is 10.5. The Morgan fingerprint density at radius 2 is 2.04 bits per heavy atom. The number of hydrogen-bond donors (Lipinski definition) is 3. The predicted molar refractivity (Wildman–Crippen MR) is 95.5 cm³/mol. The van der Waals surface area contributed by atoms with Gasteiger partial charge in [-0.2, -0.15) is 0 Å². The smallest absolute Gasteiger partial charge is 0.252 e. The summed E-state index contributed by atoms with van der Waals surface area (Å²) in [5, 5.41) is 9.21. The van der Waals surface area contributed by atoms with Crippen LogP contribution in [-0.2, 0) is 4.79 Å². The molecule has 1 aliphatic rings. The van der Waals surface area contributed by atoms with Gasteiger partial charge in [0, 0.05) is 37.7 Å². The zero-order valence-corrected chi connectivity index (χ0v) is 14.9. The number of halogens is 2. The van der Waals surface area contributed by atoms with Crippen LogP contribution in [0.15, 0.2) is 18.2 Å². The molecule has 1 fully saturated rings. The zero-order chi connectivity index (χ0) is 16.1. The lowest BCUT2D eigenvalue weighted by Gasteiger charge is -2.27. The van der Waals surface area contributed by atoms with Crippen LogP contribution in [0.25, 0.3) is 0 Å². The Hall–Kier alpha value is -1.30. The maximum absolute atomic E-state index is 12.2. The van der Waals surface area contributed by atoms with E-state index in [1.165, 1.54) is 0 Å². The summed E-state index contributed by atoms with van der Waals surface area (Å²) in [5.41, 5.74) is 0.974. The maximum atomic E-state index is 12.2. The zero-order valence-electron chi connectivity index (χ0n) is 13.3. The monoisotopic (exact) mass is 359 g/mol. The molecule has 128 valence electrons. The van der Waals surface area contributed by atoms with Gasteiger partial charge in [-0.05, 0) is 24.1 Å². The van der Waals surface area contributed by atoms with E-state index in [9.17, 15) is 9.59 Å². The van der Waals surface area contributed by atoms with E-state index in [1.54, 1.807) is 18.2 Å². The van der Waals surface area contributed by atoms with Gasteiger partial charge in [-0.15, -0.1) is 12.4 Å². The lowest BCUT2D eigenvalue weighted by atomic mass is 10.0. The second kappa shape index (κ2) is 9.11. The summed E-state index contributed by atoms with van der Waals surface area (Å²) in [4.78, 5) is 24.0. The van der Waals surface area contributed by atoms with Crippen molar-refractivity contribution in [3.05, 3.63) is 28.8 Å². The van der Waals surface area contributed by atoms with Crippen molar-refractivity contribution in [3.8, 4) is 0 Å². The molecule has 5 nitrogen and oxygen atoms in total. The first kappa shape index (κ1) is 19.7. The summed E-state index contributed by atoms with van der Waals surface area (Å²) in [6.07, 6.45) is 0.443. The average Bonchev–Trinajstić information content (AvgIpc) is 2.38. The molecule has 0 bridgehead atoms. The third-order valence-electron chi connectivity index (χ3n) is 3.51. The van der Waals surface area contributed by atoms with Crippen molar-refractivity contribution in [1.82, 2.24) is 10.6 Å². The Balaban J connectivity index is 0.00000264. The second-order valence-electron chi connectivity index (χ2n) is 6.08. The Bertz CT molecular complexity index is 560. The second-order valence-corrected chi connectivity index (χ2v) is 6.48. The van der Waals surface area contributed by atoms with E-state index < -0.39 is 0 Å². The van der Waals surface area contributed by atoms with Crippen LogP contribution in [0.1, 0.15) is 30.6 Å². The van der Waals surface area contributed by atoms with Gasteiger partial charge in [0.1, 0.15) is 0 Å². The summed E-state index contributed by atoms with van der Waals surface area (Å²) >= 11 is 6.09. The van der Waals surface area contributed by atoms with Gasteiger partial charge in [-0.1, -0.05) is 25.4 Å². The number of hydrogen-bond acceptors (Lipinski definition) is 3. The van der Waals surface area contributed by atoms with Crippen molar-refractivity contribution in [2.45, 2.75) is 20.3 Å². The molecule has 0 aromatic heterocycles. The number of nitrogens with one attached hydrogen (secondary N) is 3. The van der Waals surface area contributed by atoms with Crippen LogP contribution < -0.4 is 16.0 Å². The molecule has 0 radical (unpaired) electrons. The minimum Gasteiger partial charge on any atom is -0.352 e. The maximum Gasteiger partial charge on any atom is 0.252 e. The van der Waals surface area contributed by atoms with E-state index in [0.29, 0.717) is 35.2 Å². The number of amides is 2. The third kappa shape index (κ3) is 6.01. The fraction of sp³-hybridized carbons (Fsp3) is 0.500. The fourth-order valence-electron chi connectivity index (χ4n) is 2.18. The molecule has 2 rings (SSSR count). The molecular weight excluding hydrogens is 337 g/mol. The van der Waals surface area contributed by atoms with E-state index in [4.69, 9.17) is 11.6 Å². The van der Waals surface area contributed by atoms with Gasteiger partial charge in [0.25, 0.3) is 5.91 Å². The lowest BCUT2D eigenvalue weighted by molar-refractivity contribution is -0.116. The minimum atomic E-state index is -0.211. The largest absolute Gasteiger partial charge is 0.352 e. The molecule has 2 amide bonds. The summed E-state index contributed by atoms with van der Waals surface area (Å²) in [6.45, 7) is 6.45. The molecule has 0 atom stereocenters. The summed E-state index contributed by atoms with van der Waals surface area (Å²) in [6, 6.07) is 4.95. The number of benzene rings is 1. The number of rotatable bonds is 6. The first-order valence-electron chi connectivity index (χ1n) is 7.54. The van der Waals surface area contributed by atoms with Gasteiger partial charge in [0.2, 0.25) is 5.91 Å². The SMILES string of the molecule is CC(C)CC(=O)Nc1ccc(Cl)c(C(=O)NCC2CNC2)c1.Cl. The standard InChI is InChI=1S/C16H22ClN3O2.ClH/c1-10(2)5-15(21)20-12-3-4-14(17)13(6-12)16(22)19-9-11-7-18-8-11;/h3-4,6,10-11,18H,5,7-9H2,1-2H3,(H,19,22)(H,20,21);1H. The molecule has 0 aliphatic carbocycles. The van der Waals surface area contributed by atoms with E-state index >= 15 is 0 Å². The Kier molecular flexibility index (Phi) is 7.82. The van der Waals surface area contributed by atoms with Crippen molar-refractivity contribution in [3.63, 3.8) is 0 Å². The number of carbonyl (C=O) groups excluding carboxylic acids is 2. The molecular formula is C16H23Cl2N3O2. The minimum absolute atomic E-state index is 0. The highest BCUT2D eigenvalue weighted by Gasteiger charge is 2.19. The summed E-state index contributed by atoms with van der Waals surface area (Å²) < 4.78 is 0. The predicted octanol–water partition coefficient (Wildman–Crippen LogP) is 2.70. The highest BCUT2D eigenvalue weighted by molar-refractivity contribution is 6.34. The van der Waals surface area contributed by atoms with Crippen LogP contribution in [0.5, 0.6) is 0 Å². The highest BCUT2D eigenvalue weighted by Crippen LogP contribution is 2.21. The van der Waals surface area contributed by atoms with E-state index in [-0.39, 0.29) is 30.1 Å². The van der Waals surface area contributed by atoms with Crippen LogP contribution in [0, 0.1) is 11.8 Å². The Labute approximate surface area is 148 Å². The van der Waals surface area contributed by atoms with Crippen LogP contribution in [0.4, 0.5) is 5.69 Å². The highest BCUT2D eigenvalue weighted by atomic mass is 35.5. The van der Waals surface area contributed by atoms with Gasteiger partial charge in [-0.25, -0.2) is 0 Å². The molecule has 0 spiro atoms. The summed E-state index contributed by atoms with van der Waals surface area (Å²) in [7, 11) is 0. The van der Waals surface area contributed by atoms with Crippen LogP contribution in [-0.4, -0.2) is 31.4 Å². The van der Waals surface area contributed by atoms with Gasteiger partial charge in [0.15, 0.2) is 0 Å². The van der Waals surface area contributed by atoms with Gasteiger partial charge < -0.3 is 16.0 Å². The van der Waals surface area contributed by atoms with Crippen LogP contribution in [0.3, 0.4) is 0 Å². The van der Waals surface area contributed by atoms with Crippen LogP contribution in [0.2, 0.25) is 5.02 Å². The first-order valence-corrected chi connectivity index (χ1v) is 7.92. The van der Waals surface area contributed by atoms with E-state index in [1.807, 2.05) is 13.8 Å². The molecule has 0 unspecified atom stereocenters. The average molecular weight is 360 g/mol. The molecule has 1 aromatic rings. The van der Waals surface area contributed by atoms with Crippen LogP contribution >= 0.6 is 24.0 Å². The Morgan fingerprint density at radius 3 is 2.61 bits per heavy atom. The molecule has 0 saturated carbocycles. The van der Waals surface area contributed by atoms with Crippen molar-refractivity contribution >= 4 is 41.5 Å². The summed E-state index contributed by atoms with van der Waals surface area (Å²) in [5.74, 6) is 0.490. The van der Waals surface area contributed by atoms with Crippen molar-refractivity contribution in [1.29, 1.82) is 0 Å². The lowest BCUT2D eigenvalue weighted by Crippen LogP contribution is -2.48. The molecule has 1 aromatic carbocycles. The molecule has 23 heavy (non-hydrogen) atoms. The topological polar surface area (TPSA) is 70.2 Å². The molecule has 1 saturated heterocycles. The third-order valence-corrected chi connectivity index (χ3v) is 3.84. The molecule has 1 aliphatic heterocycles. The quantitative estimate of drug-likeness (QED) is 0.731. The number of anilines is 1. The van der Waals surface area contributed by atoms with Gasteiger partial charge in [0.05, 0.1) is 10.6 Å². The van der Waals surface area contributed by atoms with Gasteiger partial charge in [-0.3, -0.25) is 9.59 Å². The van der Waals surface area contributed by atoms with E-state index in [2.05, 4.69) is 16.0 Å². The Morgan fingerprint density at radius 1 is 1.35 bits per heavy atom. The number of carbonyl (C=O) groups is 2. The fourth-order valence-corrected chi connectivity index (χ4v) is 2.39. The van der Waals surface area contributed by atoms with Crippen molar-refractivity contribution in [2.24, 2.45) is 11.8 Å².